The number of Topliss-reactive ketones (excluding diaryl/α,β-unsaturated/α-hetero) is 1. The van der Waals surface area contributed by atoms with Crippen LogP contribution in [0.4, 0.5) is 0 Å². The molecule has 14 heavy (non-hydrogen) atoms. The molecule has 0 aromatic heterocycles. The van der Waals surface area contributed by atoms with Gasteiger partial charge in [0, 0.05) is 19.8 Å². The third-order valence-corrected chi connectivity index (χ3v) is 2.08. The van der Waals surface area contributed by atoms with E-state index in [4.69, 9.17) is 0 Å². The highest BCUT2D eigenvalue weighted by molar-refractivity contribution is 5.79. The molecular formula is C11H20O3. The number of rotatable bonds is 1. The minimum Gasteiger partial charge on any atom is -0.466 e. The molecule has 1 aliphatic rings. The fourth-order valence-corrected chi connectivity index (χ4v) is 1.44. The van der Waals surface area contributed by atoms with Gasteiger partial charge < -0.3 is 4.74 Å². The van der Waals surface area contributed by atoms with Gasteiger partial charge in [-0.25, -0.2) is 0 Å². The fraction of sp³-hybridized carbons (Fsp3) is 0.818. The van der Waals surface area contributed by atoms with Crippen LogP contribution in [0.2, 0.25) is 0 Å². The Morgan fingerprint density at radius 1 is 1.57 bits per heavy atom. The minimum atomic E-state index is -0.211. The summed E-state index contributed by atoms with van der Waals surface area (Å²) in [5.74, 6) is 0.914. The van der Waals surface area contributed by atoms with Crippen molar-refractivity contribution in [2.75, 3.05) is 6.61 Å². The van der Waals surface area contributed by atoms with E-state index in [0.29, 0.717) is 18.3 Å². The van der Waals surface area contributed by atoms with Crippen molar-refractivity contribution in [1.82, 2.24) is 0 Å². The van der Waals surface area contributed by atoms with E-state index in [0.717, 1.165) is 19.3 Å². The lowest BCUT2D eigenvalue weighted by Crippen LogP contribution is -2.11. The monoisotopic (exact) mass is 200 g/mol. The average Bonchev–Trinajstić information content (AvgIpc) is 2.03. The quantitative estimate of drug-likeness (QED) is 0.610. The molecule has 0 N–H and O–H groups in total. The van der Waals surface area contributed by atoms with Gasteiger partial charge in [-0.15, -0.1) is 0 Å². The van der Waals surface area contributed by atoms with Gasteiger partial charge >= 0.3 is 5.97 Å². The van der Waals surface area contributed by atoms with Crippen LogP contribution in [0.15, 0.2) is 0 Å². The summed E-state index contributed by atoms with van der Waals surface area (Å²) in [6.07, 6.45) is 4.05. The average molecular weight is 200 g/mol. The summed E-state index contributed by atoms with van der Waals surface area (Å²) in [5, 5.41) is 0. The Bertz CT molecular complexity index is 187. The molecule has 0 radical (unpaired) electrons. The van der Waals surface area contributed by atoms with Crippen LogP contribution >= 0.6 is 0 Å². The van der Waals surface area contributed by atoms with Crippen molar-refractivity contribution in [2.45, 2.75) is 46.5 Å². The van der Waals surface area contributed by atoms with E-state index < -0.39 is 0 Å². The molecule has 0 aromatic carbocycles. The van der Waals surface area contributed by atoms with Gasteiger partial charge in [-0.05, 0) is 25.7 Å². The van der Waals surface area contributed by atoms with E-state index in [1.165, 1.54) is 13.3 Å². The number of carbonyl (C=O) groups excluding carboxylic acids is 2. The number of carbonyl (C=O) groups is 2. The van der Waals surface area contributed by atoms with Crippen LogP contribution in [0.3, 0.4) is 0 Å². The molecule has 0 heterocycles. The third kappa shape index (κ3) is 7.77. The fourth-order valence-electron chi connectivity index (χ4n) is 1.44. The van der Waals surface area contributed by atoms with Crippen LogP contribution in [0.5, 0.6) is 0 Å². The van der Waals surface area contributed by atoms with Crippen LogP contribution in [-0.4, -0.2) is 18.4 Å². The van der Waals surface area contributed by atoms with Crippen molar-refractivity contribution >= 4 is 11.8 Å². The van der Waals surface area contributed by atoms with Crippen molar-refractivity contribution in [2.24, 2.45) is 5.92 Å². The normalized spacial score (nSPS) is 20.8. The first-order chi connectivity index (χ1) is 6.56. The number of esters is 1. The molecule has 3 heteroatoms. The second-order valence-electron chi connectivity index (χ2n) is 3.66. The summed E-state index contributed by atoms with van der Waals surface area (Å²) >= 11 is 0. The molecule has 1 atom stereocenters. The molecule has 0 saturated heterocycles. The molecule has 0 aliphatic heterocycles. The highest BCUT2D eigenvalue weighted by Gasteiger charge is 2.14. The van der Waals surface area contributed by atoms with Gasteiger partial charge in [0.1, 0.15) is 5.78 Å². The van der Waals surface area contributed by atoms with E-state index in [2.05, 4.69) is 11.7 Å². The van der Waals surface area contributed by atoms with Crippen LogP contribution in [0.1, 0.15) is 46.5 Å². The van der Waals surface area contributed by atoms with Crippen LogP contribution in [0.25, 0.3) is 0 Å². The van der Waals surface area contributed by atoms with Gasteiger partial charge in [-0.1, -0.05) is 6.92 Å². The van der Waals surface area contributed by atoms with Crippen molar-refractivity contribution in [1.29, 1.82) is 0 Å². The number of hydrogen-bond donors (Lipinski definition) is 0. The molecular weight excluding hydrogens is 180 g/mol. The maximum atomic E-state index is 10.7. The van der Waals surface area contributed by atoms with Crippen molar-refractivity contribution in [3.8, 4) is 0 Å². The van der Waals surface area contributed by atoms with Crippen LogP contribution < -0.4 is 0 Å². The molecule has 1 aliphatic carbocycles. The van der Waals surface area contributed by atoms with Gasteiger partial charge in [0.2, 0.25) is 0 Å². The Morgan fingerprint density at radius 3 is 2.43 bits per heavy atom. The third-order valence-electron chi connectivity index (χ3n) is 2.08. The zero-order chi connectivity index (χ0) is 11.0. The molecule has 3 nitrogen and oxygen atoms in total. The topological polar surface area (TPSA) is 43.4 Å². The van der Waals surface area contributed by atoms with Crippen molar-refractivity contribution in [3.05, 3.63) is 0 Å². The summed E-state index contributed by atoms with van der Waals surface area (Å²) in [5.41, 5.74) is 0. The zero-order valence-electron chi connectivity index (χ0n) is 9.34. The second-order valence-corrected chi connectivity index (χ2v) is 3.66. The van der Waals surface area contributed by atoms with Crippen LogP contribution in [-0.2, 0) is 14.3 Å². The predicted octanol–water partition coefficient (Wildman–Crippen LogP) is 2.33. The first-order valence-electron chi connectivity index (χ1n) is 5.21. The maximum absolute atomic E-state index is 10.7. The van der Waals surface area contributed by atoms with Gasteiger partial charge in [-0.2, -0.15) is 0 Å². The van der Waals surface area contributed by atoms with Gasteiger partial charge in [0.25, 0.3) is 0 Å². The molecule has 1 saturated carbocycles. The first-order valence-corrected chi connectivity index (χ1v) is 5.21. The van der Waals surface area contributed by atoms with Gasteiger partial charge in [0.15, 0.2) is 0 Å². The Morgan fingerprint density at radius 2 is 2.21 bits per heavy atom. The minimum absolute atomic E-state index is 0.211. The van der Waals surface area contributed by atoms with Crippen molar-refractivity contribution < 1.29 is 14.3 Å². The molecule has 1 unspecified atom stereocenters. The predicted molar refractivity (Wildman–Crippen MR) is 54.9 cm³/mol. The van der Waals surface area contributed by atoms with Crippen LogP contribution in [0, 0.1) is 5.92 Å². The van der Waals surface area contributed by atoms with Gasteiger partial charge in [0.05, 0.1) is 6.61 Å². The molecule has 82 valence electrons. The summed E-state index contributed by atoms with van der Waals surface area (Å²) in [7, 11) is 0. The lowest BCUT2D eigenvalue weighted by Gasteiger charge is -2.14. The molecule has 0 spiro atoms. The molecule has 0 bridgehead atoms. The molecule has 0 amide bonds. The largest absolute Gasteiger partial charge is 0.466 e. The summed E-state index contributed by atoms with van der Waals surface area (Å²) in [6.45, 7) is 5.80. The van der Waals surface area contributed by atoms with E-state index in [1.807, 2.05) is 0 Å². The highest BCUT2D eigenvalue weighted by atomic mass is 16.5. The molecule has 0 aromatic rings. The second kappa shape index (κ2) is 7.54. The summed E-state index contributed by atoms with van der Waals surface area (Å²) in [4.78, 5) is 20.5. The standard InChI is InChI=1S/C7H12O.C4H8O2/c1-6-3-2-4-7(8)5-6;1-3-6-4(2)5/h6H,2-5H2,1H3;3H2,1-2H3. The summed E-state index contributed by atoms with van der Waals surface area (Å²) < 4.78 is 4.40. The lowest BCUT2D eigenvalue weighted by atomic mass is 9.90. The van der Waals surface area contributed by atoms with E-state index >= 15 is 0 Å². The number of hydrogen-bond acceptors (Lipinski definition) is 3. The van der Waals surface area contributed by atoms with E-state index in [-0.39, 0.29) is 5.97 Å². The van der Waals surface area contributed by atoms with Gasteiger partial charge in [-0.3, -0.25) is 9.59 Å². The Labute approximate surface area is 85.8 Å². The molecule has 1 rings (SSSR count). The van der Waals surface area contributed by atoms with E-state index in [1.54, 1.807) is 6.92 Å². The maximum Gasteiger partial charge on any atom is 0.302 e. The first kappa shape index (κ1) is 13.1. The number of ketones is 1. The van der Waals surface area contributed by atoms with E-state index in [9.17, 15) is 9.59 Å². The smallest absolute Gasteiger partial charge is 0.302 e. The molecule has 1 fully saturated rings. The Kier molecular flexibility index (Phi) is 7.07. The Balaban J connectivity index is 0.000000255. The number of ether oxygens (including phenoxy) is 1. The highest BCUT2D eigenvalue weighted by Crippen LogP contribution is 2.19. The Hall–Kier alpha value is -0.860. The van der Waals surface area contributed by atoms with Crippen molar-refractivity contribution in [3.63, 3.8) is 0 Å². The lowest BCUT2D eigenvalue weighted by molar-refractivity contribution is -0.140. The zero-order valence-corrected chi connectivity index (χ0v) is 9.34. The summed E-state index contributed by atoms with van der Waals surface area (Å²) in [6, 6.07) is 0. The SMILES string of the molecule is CC1CCCC(=O)C1.CCOC(C)=O.